The van der Waals surface area contributed by atoms with Gasteiger partial charge in [-0.2, -0.15) is 0 Å². The molecule has 0 fully saturated rings. The van der Waals surface area contributed by atoms with Gasteiger partial charge in [0.1, 0.15) is 4.90 Å². The third kappa shape index (κ3) is 4.56. The molecule has 0 heterocycles. The Hall–Kier alpha value is -3.72. The summed E-state index contributed by atoms with van der Waals surface area (Å²) in [5.41, 5.74) is 0.696. The molecule has 0 radical (unpaired) electrons. The van der Waals surface area contributed by atoms with E-state index < -0.39 is 20.9 Å². The van der Waals surface area contributed by atoms with Crippen molar-refractivity contribution in [2.45, 2.75) is 11.4 Å². The molecule has 0 aromatic heterocycles. The van der Waals surface area contributed by atoms with Crippen LogP contribution < -0.4 is 4.31 Å². The Balaban J connectivity index is 1.94. The Labute approximate surface area is 180 Å². The van der Waals surface area contributed by atoms with Gasteiger partial charge in [0, 0.05) is 25.7 Å². The molecule has 3 rings (SSSR count). The largest absolute Gasteiger partial charge is 0.337 e. The fraction of sp³-hybridized carbons (Fsp3) is 0.136. The highest BCUT2D eigenvalue weighted by Gasteiger charge is 2.28. The number of carbonyl (C=O) groups is 1. The molecule has 0 spiro atoms. The third-order valence-corrected chi connectivity index (χ3v) is 6.66. The van der Waals surface area contributed by atoms with Crippen LogP contribution in [0.3, 0.4) is 0 Å². The van der Waals surface area contributed by atoms with Gasteiger partial charge in [-0.25, -0.2) is 8.42 Å². The number of rotatable bonds is 7. The summed E-state index contributed by atoms with van der Waals surface area (Å²) in [6.07, 6.45) is 0. The second-order valence-electron chi connectivity index (χ2n) is 6.85. The average Bonchev–Trinajstić information content (AvgIpc) is 2.78. The molecule has 0 aliphatic rings. The van der Waals surface area contributed by atoms with E-state index in [4.69, 9.17) is 0 Å². The van der Waals surface area contributed by atoms with Crippen LogP contribution in [0, 0.1) is 10.1 Å². The van der Waals surface area contributed by atoms with Gasteiger partial charge >= 0.3 is 0 Å². The maximum atomic E-state index is 13.2. The molecule has 1 amide bonds. The van der Waals surface area contributed by atoms with Gasteiger partial charge in [-0.05, 0) is 24.3 Å². The first kappa shape index (κ1) is 22.0. The molecular formula is C22H21N3O5S. The van der Waals surface area contributed by atoms with Crippen molar-refractivity contribution in [3.05, 3.63) is 100 Å². The van der Waals surface area contributed by atoms with Crippen LogP contribution in [0.5, 0.6) is 0 Å². The van der Waals surface area contributed by atoms with Gasteiger partial charge in [0.2, 0.25) is 0 Å². The van der Waals surface area contributed by atoms with E-state index in [1.807, 2.05) is 0 Å². The lowest BCUT2D eigenvalue weighted by Crippen LogP contribution is -2.31. The van der Waals surface area contributed by atoms with Gasteiger partial charge in [-0.1, -0.05) is 48.5 Å². The molecule has 3 aromatic rings. The Kier molecular flexibility index (Phi) is 6.36. The number of hydrogen-bond acceptors (Lipinski definition) is 5. The fourth-order valence-corrected chi connectivity index (χ4v) is 4.53. The summed E-state index contributed by atoms with van der Waals surface area (Å²) in [4.78, 5) is 25.0. The number of nitrogens with zero attached hydrogens (tertiary/aromatic N) is 3. The fourth-order valence-electron chi connectivity index (χ4n) is 3.15. The van der Waals surface area contributed by atoms with Gasteiger partial charge in [0.25, 0.3) is 21.6 Å². The van der Waals surface area contributed by atoms with Gasteiger partial charge in [-0.15, -0.1) is 0 Å². The van der Waals surface area contributed by atoms with Crippen molar-refractivity contribution in [1.82, 2.24) is 4.90 Å². The maximum Gasteiger partial charge on any atom is 0.274 e. The van der Waals surface area contributed by atoms with E-state index in [9.17, 15) is 23.3 Å². The Bertz CT molecular complexity index is 1210. The molecule has 3 aromatic carbocycles. The normalized spacial score (nSPS) is 11.0. The van der Waals surface area contributed by atoms with E-state index in [0.29, 0.717) is 11.3 Å². The van der Waals surface area contributed by atoms with Crippen LogP contribution in [0.1, 0.15) is 15.9 Å². The maximum absolute atomic E-state index is 13.2. The molecule has 0 saturated heterocycles. The predicted molar refractivity (Wildman–Crippen MR) is 117 cm³/mol. The van der Waals surface area contributed by atoms with Crippen LogP contribution >= 0.6 is 0 Å². The van der Waals surface area contributed by atoms with Crippen LogP contribution in [0.4, 0.5) is 11.4 Å². The minimum Gasteiger partial charge on any atom is -0.337 e. The smallest absolute Gasteiger partial charge is 0.274 e. The lowest BCUT2D eigenvalue weighted by molar-refractivity contribution is -0.385. The molecule has 31 heavy (non-hydrogen) atoms. The van der Waals surface area contributed by atoms with E-state index in [-0.39, 0.29) is 22.7 Å². The molecule has 0 aliphatic carbocycles. The first-order valence-electron chi connectivity index (χ1n) is 9.34. The number of benzene rings is 3. The summed E-state index contributed by atoms with van der Waals surface area (Å²) in [6, 6.07) is 20.6. The first-order valence-corrected chi connectivity index (χ1v) is 10.8. The lowest BCUT2D eigenvalue weighted by Gasteiger charge is -2.23. The van der Waals surface area contributed by atoms with Gasteiger partial charge in [0.05, 0.1) is 22.7 Å². The average molecular weight is 439 g/mol. The number of para-hydroxylation sites is 2. The van der Waals surface area contributed by atoms with Crippen LogP contribution in [-0.4, -0.2) is 38.2 Å². The third-order valence-electron chi connectivity index (χ3n) is 4.82. The van der Waals surface area contributed by atoms with Crippen molar-refractivity contribution in [1.29, 1.82) is 0 Å². The molecule has 0 aliphatic heterocycles. The molecule has 0 unspecified atom stereocenters. The molecule has 0 atom stereocenters. The standard InChI is InChI=1S/C22H21N3O5S/c1-23(16-17-10-6-8-14-20(17)25(27)28)22(26)19-13-7-9-15-21(19)31(29,30)24(2)18-11-4-3-5-12-18/h3-15H,16H2,1-2H3. The van der Waals surface area contributed by atoms with Crippen LogP contribution in [0.2, 0.25) is 0 Å². The van der Waals surface area contributed by atoms with Gasteiger partial charge in [0.15, 0.2) is 0 Å². The highest BCUT2D eigenvalue weighted by atomic mass is 32.2. The number of carbonyl (C=O) groups excluding carboxylic acids is 1. The second-order valence-corrected chi connectivity index (χ2v) is 8.79. The Morgan fingerprint density at radius 1 is 0.903 bits per heavy atom. The van der Waals surface area contributed by atoms with Crippen molar-refractivity contribution >= 4 is 27.3 Å². The van der Waals surface area contributed by atoms with Gasteiger partial charge in [-0.3, -0.25) is 19.2 Å². The topological polar surface area (TPSA) is 101 Å². The van der Waals surface area contributed by atoms with Crippen molar-refractivity contribution in [3.8, 4) is 0 Å². The van der Waals surface area contributed by atoms with Crippen molar-refractivity contribution in [2.24, 2.45) is 0 Å². The lowest BCUT2D eigenvalue weighted by atomic mass is 10.1. The van der Waals surface area contributed by atoms with E-state index in [1.54, 1.807) is 60.7 Å². The van der Waals surface area contributed by atoms with E-state index in [0.717, 1.165) is 4.31 Å². The van der Waals surface area contributed by atoms with Crippen LogP contribution in [0.25, 0.3) is 0 Å². The second kappa shape index (κ2) is 8.97. The number of nitro groups is 1. The first-order chi connectivity index (χ1) is 14.7. The number of hydrogen-bond donors (Lipinski definition) is 0. The van der Waals surface area contributed by atoms with Crippen molar-refractivity contribution in [3.63, 3.8) is 0 Å². The zero-order valence-corrected chi connectivity index (χ0v) is 17.8. The number of amides is 1. The summed E-state index contributed by atoms with van der Waals surface area (Å²) < 4.78 is 27.6. The zero-order chi connectivity index (χ0) is 22.6. The summed E-state index contributed by atoms with van der Waals surface area (Å²) in [5.74, 6) is -0.557. The summed E-state index contributed by atoms with van der Waals surface area (Å²) in [5, 5.41) is 11.3. The minimum atomic E-state index is -4.02. The highest BCUT2D eigenvalue weighted by molar-refractivity contribution is 7.92. The molecule has 160 valence electrons. The molecule has 0 N–H and O–H groups in total. The molecule has 8 nitrogen and oxygen atoms in total. The number of sulfonamides is 1. The van der Waals surface area contributed by atoms with Crippen molar-refractivity contribution in [2.75, 3.05) is 18.4 Å². The number of nitro benzene ring substituents is 1. The zero-order valence-electron chi connectivity index (χ0n) is 17.0. The van der Waals surface area contributed by atoms with Crippen molar-refractivity contribution < 1.29 is 18.1 Å². The van der Waals surface area contributed by atoms with Crippen LogP contribution in [-0.2, 0) is 16.6 Å². The highest BCUT2D eigenvalue weighted by Crippen LogP contribution is 2.26. The SMILES string of the molecule is CN(Cc1ccccc1[N+](=O)[O-])C(=O)c1ccccc1S(=O)(=O)N(C)c1ccccc1. The summed E-state index contributed by atoms with van der Waals surface area (Å²) in [7, 11) is -1.12. The molecular weight excluding hydrogens is 418 g/mol. The summed E-state index contributed by atoms with van der Waals surface area (Å²) in [6.45, 7) is -0.0428. The molecule has 0 saturated carbocycles. The Morgan fingerprint density at radius 2 is 1.48 bits per heavy atom. The minimum absolute atomic E-state index is 0.00800. The van der Waals surface area contributed by atoms with E-state index >= 15 is 0 Å². The van der Waals surface area contributed by atoms with Crippen LogP contribution in [0.15, 0.2) is 83.8 Å². The monoisotopic (exact) mass is 439 g/mol. The molecule has 0 bridgehead atoms. The van der Waals surface area contributed by atoms with Gasteiger partial charge < -0.3 is 4.90 Å². The summed E-state index contributed by atoms with van der Waals surface area (Å²) >= 11 is 0. The number of anilines is 1. The quantitative estimate of drug-likeness (QED) is 0.413. The van der Waals surface area contributed by atoms with E-state index in [2.05, 4.69) is 0 Å². The molecule has 9 heteroatoms. The van der Waals surface area contributed by atoms with E-state index in [1.165, 1.54) is 37.2 Å². The Morgan fingerprint density at radius 3 is 2.16 bits per heavy atom. The predicted octanol–water partition coefficient (Wildman–Crippen LogP) is 3.69.